The molecule has 0 radical (unpaired) electrons. The molecule has 0 unspecified atom stereocenters. The van der Waals surface area contributed by atoms with Crippen LogP contribution in [0.1, 0.15) is 0 Å². The Hall–Kier alpha value is -2.63. The molecular formula is C14H12FN3O2. The molecule has 102 valence electrons. The Balaban J connectivity index is 2.16. The molecule has 0 saturated heterocycles. The van der Waals surface area contributed by atoms with Crippen LogP contribution < -0.4 is 9.47 Å². The van der Waals surface area contributed by atoms with Crippen molar-refractivity contribution in [2.75, 3.05) is 14.2 Å². The first-order valence-corrected chi connectivity index (χ1v) is 5.95. The van der Waals surface area contributed by atoms with E-state index in [1.165, 1.54) is 19.2 Å². The molecule has 0 aliphatic carbocycles. The number of rotatable bonds is 3. The lowest BCUT2D eigenvalue weighted by molar-refractivity contribution is 0.369. The van der Waals surface area contributed by atoms with Crippen LogP contribution in [0.15, 0.2) is 36.5 Å². The molecule has 0 aliphatic heterocycles. The third kappa shape index (κ3) is 2.05. The van der Waals surface area contributed by atoms with E-state index in [-0.39, 0.29) is 5.82 Å². The molecule has 20 heavy (non-hydrogen) atoms. The highest BCUT2D eigenvalue weighted by atomic mass is 19.1. The van der Waals surface area contributed by atoms with Gasteiger partial charge in [-0.05, 0) is 24.3 Å². The summed E-state index contributed by atoms with van der Waals surface area (Å²) in [6, 6.07) is 7.79. The molecule has 0 bridgehead atoms. The molecule has 2 heterocycles. The summed E-state index contributed by atoms with van der Waals surface area (Å²) in [4.78, 5) is 8.64. The minimum Gasteiger partial charge on any atom is -0.482 e. The fourth-order valence-corrected chi connectivity index (χ4v) is 1.94. The number of nitrogens with zero attached hydrogens (tertiary/aromatic N) is 3. The molecule has 0 spiro atoms. The molecular weight excluding hydrogens is 261 g/mol. The maximum atomic E-state index is 12.9. The first-order valence-electron chi connectivity index (χ1n) is 5.95. The molecule has 6 heteroatoms. The van der Waals surface area contributed by atoms with E-state index in [1.807, 2.05) is 0 Å². The first kappa shape index (κ1) is 12.4. The van der Waals surface area contributed by atoms with E-state index in [2.05, 4.69) is 9.97 Å². The highest BCUT2D eigenvalue weighted by molar-refractivity contribution is 5.62. The summed E-state index contributed by atoms with van der Waals surface area (Å²) in [5, 5.41) is 0. The van der Waals surface area contributed by atoms with Gasteiger partial charge in [0.1, 0.15) is 5.82 Å². The molecule has 3 rings (SSSR count). The number of benzene rings is 1. The van der Waals surface area contributed by atoms with E-state index in [1.54, 1.807) is 35.9 Å². The number of hydrogen-bond acceptors (Lipinski definition) is 4. The predicted octanol–water partition coefficient (Wildman–Crippen LogP) is 2.55. The van der Waals surface area contributed by atoms with Gasteiger partial charge in [0.2, 0.25) is 17.5 Å². The lowest BCUT2D eigenvalue weighted by atomic mass is 10.2. The van der Waals surface area contributed by atoms with Crippen LogP contribution in [-0.4, -0.2) is 28.6 Å². The Morgan fingerprint density at radius 1 is 1.05 bits per heavy atom. The number of ether oxygens (including phenoxy) is 2. The van der Waals surface area contributed by atoms with Gasteiger partial charge in [-0.2, -0.15) is 4.98 Å². The van der Waals surface area contributed by atoms with Gasteiger partial charge >= 0.3 is 0 Å². The third-order valence-electron chi connectivity index (χ3n) is 2.94. The summed E-state index contributed by atoms with van der Waals surface area (Å²) in [7, 11) is 3.09. The maximum Gasteiger partial charge on any atom is 0.240 e. The zero-order valence-corrected chi connectivity index (χ0v) is 11.0. The first-order chi connectivity index (χ1) is 9.71. The topological polar surface area (TPSA) is 48.7 Å². The number of fused-ring (bicyclic) bond motifs is 1. The summed E-state index contributed by atoms with van der Waals surface area (Å²) in [6.45, 7) is 0. The van der Waals surface area contributed by atoms with Crippen molar-refractivity contribution in [2.45, 2.75) is 0 Å². The van der Waals surface area contributed by atoms with E-state index in [4.69, 9.17) is 9.47 Å². The van der Waals surface area contributed by atoms with Gasteiger partial charge in [0.25, 0.3) is 0 Å². The average molecular weight is 273 g/mol. The maximum absolute atomic E-state index is 12.9. The minimum atomic E-state index is -0.283. The van der Waals surface area contributed by atoms with E-state index >= 15 is 0 Å². The summed E-state index contributed by atoms with van der Waals surface area (Å²) in [6.07, 6.45) is 1.79. The Kier molecular flexibility index (Phi) is 2.98. The highest BCUT2D eigenvalue weighted by Gasteiger charge is 2.11. The summed E-state index contributed by atoms with van der Waals surface area (Å²) in [5.41, 5.74) is 1.49. The van der Waals surface area contributed by atoms with Gasteiger partial charge in [-0.3, -0.25) is 4.40 Å². The number of methoxy groups -OCH3 is 2. The lowest BCUT2D eigenvalue weighted by Gasteiger charge is -2.04. The Morgan fingerprint density at radius 3 is 2.45 bits per heavy atom. The number of aromatic nitrogens is 3. The van der Waals surface area contributed by atoms with Crippen LogP contribution in [0.4, 0.5) is 4.39 Å². The number of halogens is 1. The Bertz CT molecular complexity index is 753. The molecule has 0 N–H and O–H groups in total. The van der Waals surface area contributed by atoms with E-state index in [9.17, 15) is 4.39 Å². The van der Waals surface area contributed by atoms with Gasteiger partial charge in [0.15, 0.2) is 0 Å². The van der Waals surface area contributed by atoms with Crippen molar-refractivity contribution in [1.82, 2.24) is 14.4 Å². The summed E-state index contributed by atoms with van der Waals surface area (Å²) >= 11 is 0. The second kappa shape index (κ2) is 4.80. The molecule has 1 aromatic carbocycles. The predicted molar refractivity (Wildman–Crippen MR) is 71.5 cm³/mol. The minimum absolute atomic E-state index is 0.283. The molecule has 3 aromatic rings. The normalized spacial score (nSPS) is 10.8. The van der Waals surface area contributed by atoms with Crippen molar-refractivity contribution < 1.29 is 13.9 Å². The molecule has 0 amide bonds. The fraction of sp³-hybridized carbons (Fsp3) is 0.143. The standard InChI is InChI=1S/C14H12FN3O2/c1-19-12-7-13(20-2)18-8-11(16-14(18)17-12)9-3-5-10(15)6-4-9/h3-8H,1-2H3. The smallest absolute Gasteiger partial charge is 0.240 e. The van der Waals surface area contributed by atoms with Gasteiger partial charge < -0.3 is 9.47 Å². The number of hydrogen-bond donors (Lipinski definition) is 0. The van der Waals surface area contributed by atoms with Crippen molar-refractivity contribution in [3.05, 3.63) is 42.3 Å². The van der Waals surface area contributed by atoms with Crippen LogP contribution in [0, 0.1) is 5.82 Å². The largest absolute Gasteiger partial charge is 0.482 e. The zero-order chi connectivity index (χ0) is 14.1. The molecule has 0 saturated carbocycles. The second-order valence-electron chi connectivity index (χ2n) is 4.14. The second-order valence-corrected chi connectivity index (χ2v) is 4.14. The van der Waals surface area contributed by atoms with E-state index in [0.29, 0.717) is 23.2 Å². The summed E-state index contributed by atoms with van der Waals surface area (Å²) < 4.78 is 25.0. The fourth-order valence-electron chi connectivity index (χ4n) is 1.94. The van der Waals surface area contributed by atoms with Gasteiger partial charge in [-0.15, -0.1) is 0 Å². The van der Waals surface area contributed by atoms with E-state index < -0.39 is 0 Å². The highest BCUT2D eigenvalue weighted by Crippen LogP contribution is 2.24. The molecule has 5 nitrogen and oxygen atoms in total. The molecule has 2 aromatic heterocycles. The molecule has 0 fully saturated rings. The SMILES string of the molecule is COc1cc(OC)n2cc(-c3ccc(F)cc3)nc2n1. The van der Waals surface area contributed by atoms with Crippen molar-refractivity contribution in [3.8, 4) is 23.0 Å². The van der Waals surface area contributed by atoms with Crippen molar-refractivity contribution in [2.24, 2.45) is 0 Å². The van der Waals surface area contributed by atoms with Gasteiger partial charge in [-0.1, -0.05) is 0 Å². The van der Waals surface area contributed by atoms with Gasteiger partial charge in [0, 0.05) is 11.8 Å². The Labute approximate surface area is 114 Å². The third-order valence-corrected chi connectivity index (χ3v) is 2.94. The zero-order valence-electron chi connectivity index (χ0n) is 11.0. The van der Waals surface area contributed by atoms with Gasteiger partial charge in [0.05, 0.1) is 26.0 Å². The van der Waals surface area contributed by atoms with Crippen LogP contribution in [0.2, 0.25) is 0 Å². The quantitative estimate of drug-likeness (QED) is 0.736. The molecule has 0 aliphatic rings. The molecule has 0 atom stereocenters. The Morgan fingerprint density at radius 2 is 1.80 bits per heavy atom. The van der Waals surface area contributed by atoms with Crippen LogP contribution in [0.25, 0.3) is 17.0 Å². The average Bonchev–Trinajstić information content (AvgIpc) is 2.90. The van der Waals surface area contributed by atoms with Crippen molar-refractivity contribution in [3.63, 3.8) is 0 Å². The summed E-state index contributed by atoms with van der Waals surface area (Å²) in [5.74, 6) is 1.16. The van der Waals surface area contributed by atoms with Crippen LogP contribution in [0.5, 0.6) is 11.8 Å². The lowest BCUT2D eigenvalue weighted by Crippen LogP contribution is -1.97. The van der Waals surface area contributed by atoms with Crippen LogP contribution >= 0.6 is 0 Å². The number of imidazole rings is 1. The monoisotopic (exact) mass is 273 g/mol. The van der Waals surface area contributed by atoms with Gasteiger partial charge in [-0.25, -0.2) is 9.37 Å². The van der Waals surface area contributed by atoms with Crippen LogP contribution in [0.3, 0.4) is 0 Å². The van der Waals surface area contributed by atoms with Crippen molar-refractivity contribution >= 4 is 5.78 Å². The van der Waals surface area contributed by atoms with Crippen LogP contribution in [-0.2, 0) is 0 Å². The van der Waals surface area contributed by atoms with Crippen molar-refractivity contribution in [1.29, 1.82) is 0 Å². The van der Waals surface area contributed by atoms with E-state index in [0.717, 1.165) is 5.56 Å².